The zero-order chi connectivity index (χ0) is 12.1. The molecule has 0 aliphatic carbocycles. The molecule has 0 saturated heterocycles. The van der Waals surface area contributed by atoms with Gasteiger partial charge in [-0.1, -0.05) is 0 Å². The highest BCUT2D eigenvalue weighted by atomic mass is 16.5. The van der Waals surface area contributed by atoms with Crippen molar-refractivity contribution in [3.63, 3.8) is 0 Å². The number of rotatable bonds is 5. The molecule has 0 saturated carbocycles. The van der Waals surface area contributed by atoms with Crippen LogP contribution in [0.5, 0.6) is 0 Å². The number of nitrogen functional groups attached to an aromatic ring is 1. The zero-order valence-electron chi connectivity index (χ0n) is 10.1. The van der Waals surface area contributed by atoms with Crippen molar-refractivity contribution in [3.8, 4) is 0 Å². The Morgan fingerprint density at radius 2 is 2.06 bits per heavy atom. The minimum Gasteiger partial charge on any atom is -0.383 e. The van der Waals surface area contributed by atoms with Crippen LogP contribution >= 0.6 is 0 Å². The highest BCUT2D eigenvalue weighted by molar-refractivity contribution is 5.41. The van der Waals surface area contributed by atoms with Gasteiger partial charge in [0.25, 0.3) is 0 Å². The smallest absolute Gasteiger partial charge is 0.231 e. The summed E-state index contributed by atoms with van der Waals surface area (Å²) < 4.78 is 5.01. The third kappa shape index (κ3) is 3.50. The van der Waals surface area contributed by atoms with Crippen LogP contribution in [0.25, 0.3) is 0 Å². The predicted molar refractivity (Wildman–Crippen MR) is 63.5 cm³/mol. The molecule has 1 aromatic rings. The Kier molecular flexibility index (Phi) is 4.24. The van der Waals surface area contributed by atoms with Gasteiger partial charge >= 0.3 is 0 Å². The second-order valence-corrected chi connectivity index (χ2v) is 3.71. The first-order valence-corrected chi connectivity index (χ1v) is 4.97. The summed E-state index contributed by atoms with van der Waals surface area (Å²) in [6, 6.07) is 0.113. The molecule has 7 nitrogen and oxygen atoms in total. The van der Waals surface area contributed by atoms with Crippen LogP contribution in [0.2, 0.25) is 0 Å². The van der Waals surface area contributed by atoms with Gasteiger partial charge in [0.1, 0.15) is 0 Å². The number of hydrogen-bond donors (Lipinski definition) is 2. The van der Waals surface area contributed by atoms with Crippen molar-refractivity contribution in [1.82, 2.24) is 15.0 Å². The summed E-state index contributed by atoms with van der Waals surface area (Å²) in [6.45, 7) is 2.54. The quantitative estimate of drug-likeness (QED) is 0.728. The molecular formula is C9H18N6O. The maximum absolute atomic E-state index is 5.59. The Hall–Kier alpha value is -1.63. The normalized spacial score (nSPS) is 12.2. The SMILES string of the molecule is COCC(C)Nc1nc(N)nc(N(C)C)n1. The molecule has 0 aromatic carbocycles. The highest BCUT2D eigenvalue weighted by Gasteiger charge is 2.08. The minimum atomic E-state index is 0.113. The molecule has 0 radical (unpaired) electrons. The molecule has 1 heterocycles. The van der Waals surface area contributed by atoms with Crippen molar-refractivity contribution in [2.75, 3.05) is 43.8 Å². The summed E-state index contributed by atoms with van der Waals surface area (Å²) in [5.41, 5.74) is 5.59. The van der Waals surface area contributed by atoms with Gasteiger partial charge < -0.3 is 20.7 Å². The number of ether oxygens (including phenoxy) is 1. The van der Waals surface area contributed by atoms with Gasteiger partial charge in [-0.2, -0.15) is 15.0 Å². The first kappa shape index (κ1) is 12.4. The fourth-order valence-electron chi connectivity index (χ4n) is 1.16. The third-order valence-corrected chi connectivity index (χ3v) is 1.83. The first-order valence-electron chi connectivity index (χ1n) is 4.97. The lowest BCUT2D eigenvalue weighted by atomic mass is 10.4. The van der Waals surface area contributed by atoms with Crippen LogP contribution < -0.4 is 16.0 Å². The lowest BCUT2D eigenvalue weighted by molar-refractivity contribution is 0.190. The third-order valence-electron chi connectivity index (χ3n) is 1.83. The Morgan fingerprint density at radius 1 is 1.38 bits per heavy atom. The molecule has 1 unspecified atom stereocenters. The summed E-state index contributed by atoms with van der Waals surface area (Å²) >= 11 is 0. The first-order chi connectivity index (χ1) is 7.52. The molecule has 16 heavy (non-hydrogen) atoms. The Labute approximate surface area is 95.0 Å². The molecule has 0 amide bonds. The number of methoxy groups -OCH3 is 1. The van der Waals surface area contributed by atoms with Gasteiger partial charge in [-0.3, -0.25) is 0 Å². The number of nitrogens with two attached hydrogens (primary N) is 1. The molecule has 1 rings (SSSR count). The van der Waals surface area contributed by atoms with Crippen LogP contribution in [0.1, 0.15) is 6.92 Å². The largest absolute Gasteiger partial charge is 0.383 e. The van der Waals surface area contributed by atoms with Crippen LogP contribution in [-0.2, 0) is 4.74 Å². The van der Waals surface area contributed by atoms with Crippen LogP contribution in [0, 0.1) is 0 Å². The molecule has 0 aliphatic rings. The van der Waals surface area contributed by atoms with Gasteiger partial charge in [-0.25, -0.2) is 0 Å². The predicted octanol–water partition coefficient (Wildman–Crippen LogP) is -0.0334. The Balaban J connectivity index is 2.80. The van der Waals surface area contributed by atoms with E-state index in [0.717, 1.165) is 0 Å². The van der Waals surface area contributed by atoms with Crippen molar-refractivity contribution in [2.45, 2.75) is 13.0 Å². The highest BCUT2D eigenvalue weighted by Crippen LogP contribution is 2.09. The fourth-order valence-corrected chi connectivity index (χ4v) is 1.16. The molecule has 1 aromatic heterocycles. The standard InChI is InChI=1S/C9H18N6O/c1-6(5-16-4)11-8-12-7(10)13-9(14-8)15(2)3/h6H,5H2,1-4H3,(H3,10,11,12,13,14). The molecule has 0 spiro atoms. The maximum atomic E-state index is 5.59. The molecule has 0 bridgehead atoms. The van der Waals surface area contributed by atoms with Crippen LogP contribution in [-0.4, -0.2) is 48.8 Å². The second kappa shape index (κ2) is 5.45. The van der Waals surface area contributed by atoms with E-state index in [1.807, 2.05) is 21.0 Å². The van der Waals surface area contributed by atoms with Gasteiger partial charge in [0, 0.05) is 27.2 Å². The second-order valence-electron chi connectivity index (χ2n) is 3.71. The average Bonchev–Trinajstić information content (AvgIpc) is 2.16. The summed E-state index contributed by atoms with van der Waals surface area (Å²) in [4.78, 5) is 14.0. The summed E-state index contributed by atoms with van der Waals surface area (Å²) in [5.74, 6) is 1.19. The van der Waals surface area contributed by atoms with E-state index in [4.69, 9.17) is 10.5 Å². The maximum Gasteiger partial charge on any atom is 0.231 e. The van der Waals surface area contributed by atoms with E-state index in [9.17, 15) is 0 Å². The van der Waals surface area contributed by atoms with E-state index >= 15 is 0 Å². The fraction of sp³-hybridized carbons (Fsp3) is 0.667. The number of anilines is 3. The van der Waals surface area contributed by atoms with Crippen LogP contribution in [0.3, 0.4) is 0 Å². The lowest BCUT2D eigenvalue weighted by Crippen LogP contribution is -2.24. The number of nitrogens with zero attached hydrogens (tertiary/aromatic N) is 4. The number of nitrogens with one attached hydrogen (secondary N) is 1. The minimum absolute atomic E-state index is 0.113. The molecule has 0 fully saturated rings. The van der Waals surface area contributed by atoms with Crippen molar-refractivity contribution >= 4 is 17.8 Å². The van der Waals surface area contributed by atoms with Gasteiger partial charge in [0.15, 0.2) is 0 Å². The molecule has 0 aliphatic heterocycles. The van der Waals surface area contributed by atoms with Gasteiger partial charge in [-0.15, -0.1) is 0 Å². The Morgan fingerprint density at radius 3 is 2.62 bits per heavy atom. The van der Waals surface area contributed by atoms with E-state index in [1.165, 1.54) is 0 Å². The lowest BCUT2D eigenvalue weighted by Gasteiger charge is -2.15. The van der Waals surface area contributed by atoms with E-state index < -0.39 is 0 Å². The summed E-state index contributed by atoms with van der Waals surface area (Å²) in [7, 11) is 5.33. The average molecular weight is 226 g/mol. The van der Waals surface area contributed by atoms with Gasteiger partial charge in [0.05, 0.1) is 6.61 Å². The van der Waals surface area contributed by atoms with Crippen LogP contribution in [0.15, 0.2) is 0 Å². The van der Waals surface area contributed by atoms with E-state index in [0.29, 0.717) is 18.5 Å². The molecule has 1 atom stereocenters. The number of hydrogen-bond acceptors (Lipinski definition) is 7. The van der Waals surface area contributed by atoms with Gasteiger partial charge in [0.2, 0.25) is 17.8 Å². The number of aromatic nitrogens is 3. The van der Waals surface area contributed by atoms with Crippen molar-refractivity contribution in [1.29, 1.82) is 0 Å². The zero-order valence-corrected chi connectivity index (χ0v) is 10.1. The van der Waals surface area contributed by atoms with E-state index in [-0.39, 0.29) is 12.0 Å². The van der Waals surface area contributed by atoms with Crippen molar-refractivity contribution in [2.24, 2.45) is 0 Å². The van der Waals surface area contributed by atoms with E-state index in [2.05, 4.69) is 20.3 Å². The molecule has 90 valence electrons. The Bertz CT molecular complexity index is 343. The molecule has 3 N–H and O–H groups in total. The molecular weight excluding hydrogens is 208 g/mol. The summed E-state index contributed by atoms with van der Waals surface area (Å²) in [6.07, 6.45) is 0. The van der Waals surface area contributed by atoms with Crippen LogP contribution in [0.4, 0.5) is 17.8 Å². The molecule has 7 heteroatoms. The summed E-state index contributed by atoms with van der Waals surface area (Å²) in [5, 5.41) is 3.08. The van der Waals surface area contributed by atoms with Crippen molar-refractivity contribution < 1.29 is 4.74 Å². The monoisotopic (exact) mass is 226 g/mol. The van der Waals surface area contributed by atoms with Gasteiger partial charge in [-0.05, 0) is 6.92 Å². The van der Waals surface area contributed by atoms with E-state index in [1.54, 1.807) is 12.0 Å². The van der Waals surface area contributed by atoms with Crippen molar-refractivity contribution in [3.05, 3.63) is 0 Å². The topological polar surface area (TPSA) is 89.2 Å².